The molecule has 0 bridgehead atoms. The molecule has 0 rings (SSSR count). The number of hydrogen-bond acceptors (Lipinski definition) is 7. The Labute approximate surface area is 175 Å². The second-order valence-corrected chi connectivity index (χ2v) is 15.9. The van der Waals surface area contributed by atoms with Gasteiger partial charge in [0.15, 0.2) is 5.79 Å². The van der Waals surface area contributed by atoms with Gasteiger partial charge in [0.2, 0.25) is 5.60 Å². The monoisotopic (exact) mass is 450 g/mol. The molecule has 0 amide bonds. The molecule has 0 saturated carbocycles. The van der Waals surface area contributed by atoms with Crippen LogP contribution >= 0.6 is 0 Å². The summed E-state index contributed by atoms with van der Waals surface area (Å²) in [6.45, 7) is 18.7. The van der Waals surface area contributed by atoms with Crippen LogP contribution in [0.25, 0.3) is 0 Å². The van der Waals surface area contributed by atoms with Crippen LogP contribution in [0.15, 0.2) is 12.7 Å². The number of carbonyl (C=O) groups excluding carboxylic acids is 2. The lowest BCUT2D eigenvalue weighted by atomic mass is 9.57. The molecule has 0 aliphatic carbocycles. The highest BCUT2D eigenvalue weighted by atomic mass is 28.3. The van der Waals surface area contributed by atoms with Gasteiger partial charge in [0.25, 0.3) is 0 Å². The lowest BCUT2D eigenvalue weighted by Crippen LogP contribution is -2.75. The number of rotatable bonds is 9. The number of carbonyl (C=O) groups is 2. The first-order chi connectivity index (χ1) is 12.5. The summed E-state index contributed by atoms with van der Waals surface area (Å²) in [7, 11) is -1.65. The molecule has 0 saturated heterocycles. The van der Waals surface area contributed by atoms with Gasteiger partial charge in [-0.05, 0) is 11.0 Å². The predicted molar refractivity (Wildman–Crippen MR) is 118 cm³/mol. The van der Waals surface area contributed by atoms with E-state index in [9.17, 15) is 19.8 Å². The van der Waals surface area contributed by atoms with E-state index >= 15 is 0 Å². The van der Waals surface area contributed by atoms with E-state index < -0.39 is 48.8 Å². The maximum Gasteiger partial charge on any atom is 0.354 e. The zero-order chi connectivity index (χ0) is 22.8. The molecular weight excluding hydrogens is 412 g/mol. The van der Waals surface area contributed by atoms with Crippen LogP contribution in [-0.4, -0.2) is 69.2 Å². The van der Waals surface area contributed by atoms with Gasteiger partial charge >= 0.3 is 11.9 Å². The molecule has 0 radical (unpaired) electrons. The van der Waals surface area contributed by atoms with Gasteiger partial charge in [0.1, 0.15) is 21.0 Å². The summed E-state index contributed by atoms with van der Waals surface area (Å²) in [5.41, 5.74) is -4.02. The third kappa shape index (κ3) is 4.27. The minimum atomic E-state index is -2.59. The Morgan fingerprint density at radius 1 is 1.14 bits per heavy atom. The van der Waals surface area contributed by atoms with Crippen LogP contribution in [0.3, 0.4) is 0 Å². The largest absolute Gasteiger partial charge is 0.399 e. The van der Waals surface area contributed by atoms with E-state index in [2.05, 4.69) is 33.1 Å². The minimum Gasteiger partial charge on any atom is -0.399 e. The molecule has 10 heteroatoms. The minimum absolute atomic E-state index is 0.0103. The van der Waals surface area contributed by atoms with Gasteiger partial charge in [-0.25, -0.2) is 9.59 Å². The Morgan fingerprint density at radius 3 is 1.82 bits per heavy atom. The van der Waals surface area contributed by atoms with Crippen molar-refractivity contribution in [2.45, 2.75) is 71.2 Å². The normalized spacial score (nSPS) is 20.5. The summed E-state index contributed by atoms with van der Waals surface area (Å²) < 4.78 is 16.5. The zero-order valence-electron chi connectivity index (χ0n) is 19.0. The third-order valence-corrected chi connectivity index (χ3v) is 10.8. The van der Waals surface area contributed by atoms with Crippen LogP contribution in [0.2, 0.25) is 25.2 Å². The first-order valence-electron chi connectivity index (χ1n) is 9.29. The molecule has 28 heavy (non-hydrogen) atoms. The number of aliphatic hydroxyl groups is 2. The Bertz CT molecular complexity index is 593. The van der Waals surface area contributed by atoms with Crippen LogP contribution in [0, 0.1) is 10.8 Å². The fourth-order valence-corrected chi connectivity index (χ4v) is 8.63. The fourth-order valence-electron chi connectivity index (χ4n) is 4.09. The predicted octanol–water partition coefficient (Wildman–Crippen LogP) is 0.0366. The molecule has 2 N–H and O–H groups in total. The molecule has 164 valence electrons. The number of hydrogen-bond donors (Lipinski definition) is 2. The van der Waals surface area contributed by atoms with Gasteiger partial charge in [0, 0.05) is 19.6 Å². The Morgan fingerprint density at radius 2 is 1.57 bits per heavy atom. The van der Waals surface area contributed by atoms with E-state index in [1.54, 1.807) is 0 Å². The van der Waals surface area contributed by atoms with Crippen molar-refractivity contribution in [3.05, 3.63) is 12.7 Å². The third-order valence-electron chi connectivity index (χ3n) is 6.45. The lowest BCUT2D eigenvalue weighted by molar-refractivity contribution is -0.319. The van der Waals surface area contributed by atoms with Crippen molar-refractivity contribution >= 4 is 41.0 Å². The van der Waals surface area contributed by atoms with E-state index in [-0.39, 0.29) is 26.5 Å². The summed E-state index contributed by atoms with van der Waals surface area (Å²) >= 11 is 0. The quantitative estimate of drug-likeness (QED) is 0.168. The topological polar surface area (TPSA) is 102 Å². The van der Waals surface area contributed by atoms with E-state index in [0.717, 1.165) is 6.08 Å². The van der Waals surface area contributed by atoms with Gasteiger partial charge in [-0.15, -0.1) is 0 Å². The van der Waals surface area contributed by atoms with Crippen molar-refractivity contribution in [1.82, 2.24) is 0 Å². The average Bonchev–Trinajstić information content (AvgIpc) is 2.59. The first-order valence-corrected chi connectivity index (χ1v) is 14.5. The maximum atomic E-state index is 12.9. The van der Waals surface area contributed by atoms with E-state index in [0.29, 0.717) is 0 Å². The Kier molecular flexibility index (Phi) is 8.82. The summed E-state index contributed by atoms with van der Waals surface area (Å²) in [5.74, 6) is -4.23. The Balaban J connectivity index is 7.05. The summed E-state index contributed by atoms with van der Waals surface area (Å²) in [5, 5.41) is 21.6. The molecule has 0 spiro atoms. The van der Waals surface area contributed by atoms with Crippen molar-refractivity contribution in [1.29, 1.82) is 0 Å². The molecule has 0 aromatic rings. The van der Waals surface area contributed by atoms with Crippen molar-refractivity contribution in [2.24, 2.45) is 10.8 Å². The lowest BCUT2D eigenvalue weighted by Gasteiger charge is -2.62. The van der Waals surface area contributed by atoms with Crippen molar-refractivity contribution in [2.75, 3.05) is 6.61 Å². The molecule has 7 nitrogen and oxygen atoms in total. The SMILES string of the molecule is C=CC(=O)OC(=O)C(O)(CO)C(O[SiH3])(O[SiH3])C(C)(C(C)[Si](C)(C)C)C(C)(C)C. The molecule has 0 aliphatic rings. The van der Waals surface area contributed by atoms with E-state index in [1.807, 2.05) is 27.7 Å². The fraction of sp³-hybridized carbons (Fsp3) is 0.778. The average molecular weight is 451 g/mol. The molecule has 0 aromatic carbocycles. The highest BCUT2D eigenvalue weighted by Crippen LogP contribution is 2.61. The maximum absolute atomic E-state index is 12.9. The Hall–Kier alpha value is -0.629. The first kappa shape index (κ1) is 27.4. The van der Waals surface area contributed by atoms with Gasteiger partial charge in [-0.2, -0.15) is 0 Å². The number of esters is 2. The summed E-state index contributed by atoms with van der Waals surface area (Å²) in [6, 6.07) is 0. The van der Waals surface area contributed by atoms with Crippen molar-refractivity contribution < 1.29 is 33.4 Å². The standard InChI is InChI=1S/C18H38O7Si3/c1-10-13(20)23-14(21)17(22,11-19)18(24-26,25-27)16(6,15(3,4)5)12(2)28(7,8)9/h10,12,19,22H,1,11H2,2-9,26-27H3. The second kappa shape index (κ2) is 9.02. The van der Waals surface area contributed by atoms with Crippen LogP contribution in [0.4, 0.5) is 0 Å². The molecule has 3 unspecified atom stereocenters. The van der Waals surface area contributed by atoms with Gasteiger partial charge in [-0.3, -0.25) is 0 Å². The second-order valence-electron chi connectivity index (χ2n) is 9.50. The summed E-state index contributed by atoms with van der Waals surface area (Å²) in [6.07, 6.45) is 0.814. The van der Waals surface area contributed by atoms with E-state index in [1.165, 1.54) is 0 Å². The van der Waals surface area contributed by atoms with Crippen LogP contribution < -0.4 is 0 Å². The molecule has 0 fully saturated rings. The number of ether oxygens (including phenoxy) is 1. The van der Waals surface area contributed by atoms with Gasteiger partial charge in [0.05, 0.1) is 6.61 Å². The number of aliphatic hydroxyl groups excluding tert-OH is 1. The highest BCUT2D eigenvalue weighted by Gasteiger charge is 2.71. The highest BCUT2D eigenvalue weighted by molar-refractivity contribution is 6.77. The molecule has 0 aliphatic heterocycles. The molecule has 0 heterocycles. The van der Waals surface area contributed by atoms with Crippen LogP contribution in [0.1, 0.15) is 34.6 Å². The van der Waals surface area contributed by atoms with E-state index in [4.69, 9.17) is 13.6 Å². The molecule has 3 atom stereocenters. The molecule has 0 aromatic heterocycles. The zero-order valence-corrected chi connectivity index (χ0v) is 24.0. The smallest absolute Gasteiger partial charge is 0.354 e. The van der Waals surface area contributed by atoms with Gasteiger partial charge < -0.3 is 23.8 Å². The van der Waals surface area contributed by atoms with Gasteiger partial charge in [-0.1, -0.05) is 60.8 Å². The van der Waals surface area contributed by atoms with Crippen molar-refractivity contribution in [3.8, 4) is 0 Å². The van der Waals surface area contributed by atoms with Crippen molar-refractivity contribution in [3.63, 3.8) is 0 Å². The van der Waals surface area contributed by atoms with Crippen LogP contribution in [-0.2, 0) is 23.2 Å². The molecular formula is C18H38O7Si3. The van der Waals surface area contributed by atoms with Crippen LogP contribution in [0.5, 0.6) is 0 Å². The summed E-state index contributed by atoms with van der Waals surface area (Å²) in [4.78, 5) is 24.5.